The molecule has 0 fully saturated rings. The third kappa shape index (κ3) is 8.59. The fraction of sp³-hybridized carbons (Fsp3) is 0.875. The van der Waals surface area contributed by atoms with Crippen molar-refractivity contribution in [2.75, 3.05) is 38.4 Å². The molecule has 0 saturated heterocycles. The number of hydrogen-bond donors (Lipinski definition) is 2. The molecule has 1 amide bonds. The van der Waals surface area contributed by atoms with E-state index in [0.717, 1.165) is 0 Å². The minimum absolute atomic E-state index is 0.116. The first-order chi connectivity index (χ1) is 7.02. The topological polar surface area (TPSA) is 58.6 Å². The number of hydrogen-bond acceptors (Lipinski definition) is 4. The number of rotatable bonds is 8. The van der Waals surface area contributed by atoms with E-state index in [9.17, 15) is 13.6 Å². The van der Waals surface area contributed by atoms with Gasteiger partial charge in [0.1, 0.15) is 6.61 Å². The second-order valence-corrected chi connectivity index (χ2v) is 3.94. The Morgan fingerprint density at radius 2 is 2.27 bits per heavy atom. The van der Waals surface area contributed by atoms with E-state index in [4.69, 9.17) is 9.84 Å². The maximum absolute atomic E-state index is 12.5. The van der Waals surface area contributed by atoms with Crippen LogP contribution in [0.5, 0.6) is 0 Å². The van der Waals surface area contributed by atoms with Crippen LogP contribution in [0.4, 0.5) is 8.78 Å². The predicted molar refractivity (Wildman–Crippen MR) is 54.2 cm³/mol. The van der Waals surface area contributed by atoms with Crippen LogP contribution >= 0.6 is 11.8 Å². The largest absolute Gasteiger partial charge is 0.390 e. The van der Waals surface area contributed by atoms with Gasteiger partial charge in [0.15, 0.2) is 0 Å². The van der Waals surface area contributed by atoms with Crippen LogP contribution in [-0.2, 0) is 9.53 Å². The van der Waals surface area contributed by atoms with Gasteiger partial charge in [0, 0.05) is 12.9 Å². The second-order valence-electron chi connectivity index (χ2n) is 2.84. The van der Waals surface area contributed by atoms with Crippen LogP contribution in [0.1, 0.15) is 0 Å². The maximum atomic E-state index is 12.5. The molecule has 15 heavy (non-hydrogen) atoms. The van der Waals surface area contributed by atoms with Crippen molar-refractivity contribution in [1.82, 2.24) is 5.32 Å². The molecule has 0 bridgehead atoms. The van der Waals surface area contributed by atoms with E-state index in [-0.39, 0.29) is 5.75 Å². The molecule has 0 aliphatic heterocycles. The Hall–Kier alpha value is -0.400. The predicted octanol–water partition coefficient (Wildman–Crippen LogP) is 0.110. The van der Waals surface area contributed by atoms with Gasteiger partial charge in [-0.15, -0.1) is 11.8 Å². The minimum Gasteiger partial charge on any atom is -0.390 e. The molecule has 0 radical (unpaired) electrons. The molecule has 0 aromatic heterocycles. The Labute approximate surface area is 91.4 Å². The molecule has 0 saturated carbocycles. The van der Waals surface area contributed by atoms with E-state index in [1.807, 2.05) is 5.32 Å². The van der Waals surface area contributed by atoms with Crippen LogP contribution in [0.15, 0.2) is 0 Å². The van der Waals surface area contributed by atoms with Crippen molar-refractivity contribution in [3.8, 4) is 0 Å². The van der Waals surface area contributed by atoms with Gasteiger partial charge in [-0.25, -0.2) is 8.78 Å². The number of aliphatic hydroxyl groups excluding tert-OH is 1. The molecule has 0 aliphatic carbocycles. The van der Waals surface area contributed by atoms with Crippen molar-refractivity contribution >= 4 is 17.7 Å². The molecule has 0 aromatic carbocycles. The Morgan fingerprint density at radius 3 is 2.80 bits per heavy atom. The first kappa shape index (κ1) is 14.6. The van der Waals surface area contributed by atoms with Crippen molar-refractivity contribution in [3.63, 3.8) is 0 Å². The van der Waals surface area contributed by atoms with Gasteiger partial charge in [0.2, 0.25) is 5.91 Å². The lowest BCUT2D eigenvalue weighted by molar-refractivity contribution is -0.121. The van der Waals surface area contributed by atoms with Gasteiger partial charge in [0.25, 0.3) is 5.92 Å². The summed E-state index contributed by atoms with van der Waals surface area (Å²) in [7, 11) is 1.54. The number of aliphatic hydroxyl groups is 1. The monoisotopic (exact) mass is 243 g/mol. The quantitative estimate of drug-likeness (QED) is 0.594. The van der Waals surface area contributed by atoms with Crippen molar-refractivity contribution in [1.29, 1.82) is 0 Å². The van der Waals surface area contributed by atoms with Gasteiger partial charge in [-0.1, -0.05) is 0 Å². The molecule has 0 rings (SSSR count). The molecule has 0 unspecified atom stereocenters. The van der Waals surface area contributed by atoms with E-state index >= 15 is 0 Å². The number of carbonyl (C=O) groups excluding carboxylic acids is 1. The lowest BCUT2D eigenvalue weighted by atomic mass is 10.3. The summed E-state index contributed by atoms with van der Waals surface area (Å²) >= 11 is 1.30. The molecule has 0 aliphatic rings. The zero-order chi connectivity index (χ0) is 11.7. The Kier molecular flexibility index (Phi) is 7.63. The van der Waals surface area contributed by atoms with E-state index in [1.165, 1.54) is 11.8 Å². The summed E-state index contributed by atoms with van der Waals surface area (Å²) in [6, 6.07) is 0. The Bertz CT molecular complexity index is 193. The number of methoxy groups -OCH3 is 1. The maximum Gasteiger partial charge on any atom is 0.287 e. The van der Waals surface area contributed by atoms with Crippen LogP contribution in [0.2, 0.25) is 0 Å². The fourth-order valence-corrected chi connectivity index (χ4v) is 1.36. The molecular formula is C8H15F2NO3S. The number of carbonyl (C=O) groups is 1. The van der Waals surface area contributed by atoms with Gasteiger partial charge in [-0.3, -0.25) is 4.79 Å². The number of amides is 1. The average Bonchev–Trinajstić information content (AvgIpc) is 2.22. The average molecular weight is 243 g/mol. The van der Waals surface area contributed by atoms with E-state index in [1.54, 1.807) is 7.11 Å². The van der Waals surface area contributed by atoms with Crippen LogP contribution in [0.25, 0.3) is 0 Å². The summed E-state index contributed by atoms with van der Waals surface area (Å²) in [4.78, 5) is 11.0. The highest BCUT2D eigenvalue weighted by Crippen LogP contribution is 2.09. The van der Waals surface area contributed by atoms with Crippen molar-refractivity contribution < 1.29 is 23.4 Å². The fourth-order valence-electron chi connectivity index (χ4n) is 0.642. The number of alkyl halides is 2. The highest BCUT2D eigenvalue weighted by molar-refractivity contribution is 7.99. The molecule has 4 nitrogen and oxygen atoms in total. The highest BCUT2D eigenvalue weighted by Gasteiger charge is 2.27. The van der Waals surface area contributed by atoms with E-state index < -0.39 is 25.0 Å². The summed E-state index contributed by atoms with van der Waals surface area (Å²) in [5, 5.41) is 10.3. The van der Waals surface area contributed by atoms with Crippen molar-refractivity contribution in [2.24, 2.45) is 0 Å². The normalized spacial score (nSPS) is 11.5. The molecule has 7 heteroatoms. The summed E-state index contributed by atoms with van der Waals surface area (Å²) in [5.74, 6) is -2.96. The summed E-state index contributed by atoms with van der Waals surface area (Å²) in [6.45, 7) is -1.57. The first-order valence-electron chi connectivity index (χ1n) is 4.34. The van der Waals surface area contributed by atoms with Gasteiger partial charge in [-0.2, -0.15) is 0 Å². The SMILES string of the molecule is COCCSCC(=O)NCC(F)(F)CO. The summed E-state index contributed by atoms with van der Waals surface area (Å²) < 4.78 is 29.7. The lowest BCUT2D eigenvalue weighted by Gasteiger charge is -2.13. The zero-order valence-corrected chi connectivity index (χ0v) is 9.28. The minimum atomic E-state index is -3.24. The summed E-state index contributed by atoms with van der Waals surface area (Å²) in [6.07, 6.45) is 0. The number of ether oxygens (including phenoxy) is 1. The number of thioether (sulfide) groups is 1. The Balaban J connectivity index is 3.49. The van der Waals surface area contributed by atoms with Gasteiger partial charge >= 0.3 is 0 Å². The van der Waals surface area contributed by atoms with E-state index in [0.29, 0.717) is 12.4 Å². The summed E-state index contributed by atoms with van der Waals surface area (Å²) in [5.41, 5.74) is 0. The van der Waals surface area contributed by atoms with Crippen molar-refractivity contribution in [3.05, 3.63) is 0 Å². The second kappa shape index (κ2) is 7.84. The van der Waals surface area contributed by atoms with Gasteiger partial charge in [-0.05, 0) is 0 Å². The van der Waals surface area contributed by atoms with Gasteiger partial charge < -0.3 is 15.2 Å². The van der Waals surface area contributed by atoms with Crippen LogP contribution < -0.4 is 5.32 Å². The highest BCUT2D eigenvalue weighted by atomic mass is 32.2. The van der Waals surface area contributed by atoms with Crippen LogP contribution in [-0.4, -0.2) is 55.3 Å². The third-order valence-corrected chi connectivity index (χ3v) is 2.36. The molecule has 90 valence electrons. The smallest absolute Gasteiger partial charge is 0.287 e. The van der Waals surface area contributed by atoms with Crippen molar-refractivity contribution in [2.45, 2.75) is 5.92 Å². The molecule has 0 atom stereocenters. The Morgan fingerprint density at radius 1 is 1.60 bits per heavy atom. The van der Waals surface area contributed by atoms with Gasteiger partial charge in [0.05, 0.1) is 18.9 Å². The molecular weight excluding hydrogens is 228 g/mol. The van der Waals surface area contributed by atoms with Crippen LogP contribution in [0.3, 0.4) is 0 Å². The molecule has 2 N–H and O–H groups in total. The number of halogens is 2. The lowest BCUT2D eigenvalue weighted by Crippen LogP contribution is -2.39. The van der Waals surface area contributed by atoms with E-state index in [2.05, 4.69) is 0 Å². The number of nitrogens with one attached hydrogen (secondary N) is 1. The molecule has 0 aromatic rings. The first-order valence-corrected chi connectivity index (χ1v) is 5.49. The van der Waals surface area contributed by atoms with Crippen LogP contribution in [0, 0.1) is 0 Å². The third-order valence-electron chi connectivity index (χ3n) is 1.44. The standard InChI is InChI=1S/C8H15F2NO3S/c1-14-2-3-15-4-7(13)11-5-8(9,10)6-12/h12H,2-6H2,1H3,(H,11,13). The zero-order valence-electron chi connectivity index (χ0n) is 8.46. The molecule has 0 spiro atoms. The molecule has 0 heterocycles.